The van der Waals surface area contributed by atoms with Crippen molar-refractivity contribution in [2.24, 2.45) is 0 Å². The Hall–Kier alpha value is 0.690. The van der Waals surface area contributed by atoms with Crippen LogP contribution in [-0.2, 0) is 0 Å². The van der Waals surface area contributed by atoms with Gasteiger partial charge in [-0.25, -0.2) is 0 Å². The molecule has 3 fully saturated rings. The normalized spacial score (nSPS) is 53.3. The Balaban J connectivity index is 2.16. The maximum atomic E-state index is 2.55. The second kappa shape index (κ2) is 1.10. The van der Waals surface area contributed by atoms with E-state index in [1.807, 2.05) is 0 Å². The van der Waals surface area contributed by atoms with Crippen molar-refractivity contribution in [1.82, 2.24) is 4.90 Å². The summed E-state index contributed by atoms with van der Waals surface area (Å²) in [5.74, 6) is 0. The molecular weight excluding hydrogens is 189 g/mol. The Morgan fingerprint density at radius 3 is 2.50 bits per heavy atom. The average Bonchev–Trinajstić information content (AvgIpc) is 1.72. The van der Waals surface area contributed by atoms with Crippen LogP contribution in [0.25, 0.3) is 0 Å². The molecule has 36 valence electrons. The second-order valence-corrected chi connectivity index (χ2v) is 5.23. The van der Waals surface area contributed by atoms with Crippen LogP contribution in [0.5, 0.6) is 0 Å². The zero-order valence-corrected chi connectivity index (χ0v) is 5.68. The molecule has 3 heterocycles. The van der Waals surface area contributed by atoms with Crippen LogP contribution in [0.3, 0.4) is 0 Å². The molecule has 3 aliphatic heterocycles. The predicted octanol–water partition coefficient (Wildman–Crippen LogP) is -3.27. The van der Waals surface area contributed by atoms with E-state index in [1.54, 1.807) is 0 Å². The van der Waals surface area contributed by atoms with Crippen molar-refractivity contribution < 1.29 is 21.2 Å². The van der Waals surface area contributed by atoms with Gasteiger partial charge in [0.1, 0.15) is 0 Å². The summed E-state index contributed by atoms with van der Waals surface area (Å²) in [5.41, 5.74) is 0. The van der Waals surface area contributed by atoms with Gasteiger partial charge in [-0.3, -0.25) is 0 Å². The van der Waals surface area contributed by atoms with Gasteiger partial charge in [0, 0.05) is 0 Å². The third kappa shape index (κ3) is 0.341. The zero-order chi connectivity index (χ0) is 3.98. The minimum atomic E-state index is 0.679. The van der Waals surface area contributed by atoms with Crippen LogP contribution < -0.4 is 21.2 Å². The average molecular weight is 196 g/mol. The number of hydrogen-bond donors (Lipinski definition) is 0. The Kier molecular flexibility index (Phi) is 0.669. The van der Waals surface area contributed by atoms with Crippen LogP contribution >= 0.6 is 0 Å². The summed E-state index contributed by atoms with van der Waals surface area (Å²) in [6, 6.07) is 0. The zero-order valence-electron chi connectivity index (χ0n) is 3.52. The Morgan fingerprint density at radius 1 is 1.50 bits per heavy atom. The summed E-state index contributed by atoms with van der Waals surface area (Å²) < 4.78 is 2.73. The van der Waals surface area contributed by atoms with Crippen molar-refractivity contribution >= 4 is 0 Å². The fourth-order valence-electron chi connectivity index (χ4n) is 0.897. The molecular formula is C4H7IN-. The van der Waals surface area contributed by atoms with E-state index in [2.05, 4.69) is 4.90 Å². The molecule has 0 saturated carbocycles. The summed E-state index contributed by atoms with van der Waals surface area (Å²) in [6.45, 7) is 2.93. The van der Waals surface area contributed by atoms with Crippen molar-refractivity contribution in [3.8, 4) is 0 Å². The number of rotatable bonds is 0. The van der Waals surface area contributed by atoms with Gasteiger partial charge < -0.3 is 0 Å². The molecule has 2 bridgehead atoms. The number of nitrogens with zero attached hydrogens (tertiary/aromatic N) is 1. The van der Waals surface area contributed by atoms with Gasteiger partial charge in [0.2, 0.25) is 0 Å². The number of fused-ring (bicyclic) bond motifs is 1. The Morgan fingerprint density at radius 2 is 2.33 bits per heavy atom. The van der Waals surface area contributed by atoms with Crippen molar-refractivity contribution in [2.45, 2.75) is 3.92 Å². The number of hydrogen-bond acceptors (Lipinski definition) is 1. The van der Waals surface area contributed by atoms with Gasteiger partial charge in [0.25, 0.3) is 0 Å². The summed E-state index contributed by atoms with van der Waals surface area (Å²) >= 11 is 0.679. The molecule has 0 amide bonds. The minimum absolute atomic E-state index is 0.679. The first-order chi connectivity index (χ1) is 2.95. The van der Waals surface area contributed by atoms with E-state index in [9.17, 15) is 0 Å². The molecule has 0 aromatic heterocycles. The molecule has 0 aliphatic carbocycles. The molecule has 0 unspecified atom stereocenters. The fraction of sp³-hybridized carbons (Fsp3) is 1.00. The Labute approximate surface area is 48.0 Å². The molecule has 3 aliphatic rings. The van der Waals surface area contributed by atoms with Crippen LogP contribution in [0.2, 0.25) is 0 Å². The van der Waals surface area contributed by atoms with Crippen molar-refractivity contribution in [1.29, 1.82) is 0 Å². The fourth-order valence-corrected chi connectivity index (χ4v) is 4.24. The van der Waals surface area contributed by atoms with Gasteiger partial charge in [0.15, 0.2) is 0 Å². The van der Waals surface area contributed by atoms with Crippen molar-refractivity contribution in [2.75, 3.05) is 17.6 Å². The quantitative estimate of drug-likeness (QED) is 0.223. The van der Waals surface area contributed by atoms with E-state index in [-0.39, 0.29) is 0 Å². The third-order valence-corrected chi connectivity index (χ3v) is 4.76. The van der Waals surface area contributed by atoms with Gasteiger partial charge in [-0.15, -0.1) is 0 Å². The van der Waals surface area contributed by atoms with E-state index < -0.39 is 0 Å². The van der Waals surface area contributed by atoms with E-state index >= 15 is 0 Å². The molecule has 1 nitrogen and oxygen atoms in total. The Bertz CT molecular complexity index is 54.4. The monoisotopic (exact) mass is 196 g/mol. The van der Waals surface area contributed by atoms with Gasteiger partial charge in [0.05, 0.1) is 0 Å². The predicted molar refractivity (Wildman–Crippen MR) is 20.2 cm³/mol. The summed E-state index contributed by atoms with van der Waals surface area (Å²) in [7, 11) is 0. The van der Waals surface area contributed by atoms with Crippen LogP contribution in [-0.4, -0.2) is 26.5 Å². The summed E-state index contributed by atoms with van der Waals surface area (Å²) in [4.78, 5) is 2.55. The molecule has 0 aromatic rings. The summed E-state index contributed by atoms with van der Waals surface area (Å²) in [5, 5.41) is 0. The molecule has 0 atom stereocenters. The van der Waals surface area contributed by atoms with Gasteiger partial charge in [-0.2, -0.15) is 0 Å². The first-order valence-electron chi connectivity index (χ1n) is 2.25. The molecule has 6 heavy (non-hydrogen) atoms. The molecule has 0 radical (unpaired) electrons. The number of alkyl halides is 2. The SMILES string of the molecule is C1[I-]C2CN1C2. The van der Waals surface area contributed by atoms with Crippen LogP contribution in [0.1, 0.15) is 0 Å². The molecule has 2 heteroatoms. The van der Waals surface area contributed by atoms with Gasteiger partial charge in [-0.05, 0) is 0 Å². The van der Waals surface area contributed by atoms with E-state index in [0.29, 0.717) is 21.2 Å². The first-order valence-corrected chi connectivity index (χ1v) is 5.02. The van der Waals surface area contributed by atoms with E-state index in [1.165, 1.54) is 21.6 Å². The first kappa shape index (κ1) is 3.66. The van der Waals surface area contributed by atoms with Crippen LogP contribution in [0.15, 0.2) is 0 Å². The second-order valence-electron chi connectivity index (χ2n) is 1.91. The van der Waals surface area contributed by atoms with E-state index in [0.717, 1.165) is 0 Å². The number of halogens is 1. The molecule has 3 rings (SSSR count). The standard InChI is InChI=1S/C4H7IN/c1-4-2-6(1)3-5-4/h4H,1-3H2/q-1. The molecule has 0 spiro atoms. The van der Waals surface area contributed by atoms with Crippen molar-refractivity contribution in [3.63, 3.8) is 0 Å². The van der Waals surface area contributed by atoms with Crippen LogP contribution in [0.4, 0.5) is 0 Å². The summed E-state index contributed by atoms with van der Waals surface area (Å²) in [6.07, 6.45) is 0. The topological polar surface area (TPSA) is 3.24 Å². The van der Waals surface area contributed by atoms with Crippen molar-refractivity contribution in [3.05, 3.63) is 0 Å². The third-order valence-electron chi connectivity index (χ3n) is 1.37. The van der Waals surface area contributed by atoms with Crippen LogP contribution in [0, 0.1) is 0 Å². The van der Waals surface area contributed by atoms with Gasteiger partial charge in [-0.1, -0.05) is 0 Å². The molecule has 0 N–H and O–H groups in total. The van der Waals surface area contributed by atoms with Gasteiger partial charge >= 0.3 is 47.7 Å². The maximum absolute atomic E-state index is 2.55. The molecule has 0 aromatic carbocycles. The van der Waals surface area contributed by atoms with E-state index in [4.69, 9.17) is 0 Å². The molecule has 3 saturated heterocycles.